The van der Waals surface area contributed by atoms with E-state index in [2.05, 4.69) is 10.6 Å². The zero-order chi connectivity index (χ0) is 14.3. The van der Waals surface area contributed by atoms with Crippen LogP contribution in [0.2, 0.25) is 0 Å². The van der Waals surface area contributed by atoms with Crippen molar-refractivity contribution in [3.63, 3.8) is 0 Å². The lowest BCUT2D eigenvalue weighted by Gasteiger charge is -2.22. The number of hydrogen-bond donors (Lipinski definition) is 2. The van der Waals surface area contributed by atoms with E-state index in [1.165, 1.54) is 0 Å². The molecule has 19 heavy (non-hydrogen) atoms. The highest BCUT2D eigenvalue weighted by atomic mass is 16.7. The largest absolute Gasteiger partial charge is 0.385 e. The van der Waals surface area contributed by atoms with Crippen molar-refractivity contribution in [1.82, 2.24) is 5.32 Å². The summed E-state index contributed by atoms with van der Waals surface area (Å²) >= 11 is 0. The predicted molar refractivity (Wildman–Crippen MR) is 75.3 cm³/mol. The predicted octanol–water partition coefficient (Wildman–Crippen LogP) is 1.86. The van der Waals surface area contributed by atoms with E-state index < -0.39 is 6.29 Å². The zero-order valence-corrected chi connectivity index (χ0v) is 11.9. The lowest BCUT2D eigenvalue weighted by Crippen LogP contribution is -2.43. The average Bonchev–Trinajstić information content (AvgIpc) is 2.41. The molecule has 1 unspecified atom stereocenters. The third-order valence-corrected chi connectivity index (χ3v) is 2.77. The molecule has 0 aliphatic carbocycles. The maximum atomic E-state index is 12.2. The maximum absolute atomic E-state index is 12.2. The van der Waals surface area contributed by atoms with Crippen molar-refractivity contribution in [3.8, 4) is 0 Å². The molecule has 0 saturated heterocycles. The summed E-state index contributed by atoms with van der Waals surface area (Å²) in [6.45, 7) is 4.59. The normalized spacial score (nSPS) is 12.3. The molecule has 1 amide bonds. The third-order valence-electron chi connectivity index (χ3n) is 2.77. The first-order valence-corrected chi connectivity index (χ1v) is 6.33. The summed E-state index contributed by atoms with van der Waals surface area (Å²) in [4.78, 5) is 12.2. The highest BCUT2D eigenvalue weighted by Gasteiger charge is 2.19. The van der Waals surface area contributed by atoms with Gasteiger partial charge in [-0.1, -0.05) is 12.1 Å². The first-order valence-electron chi connectivity index (χ1n) is 6.33. The van der Waals surface area contributed by atoms with E-state index in [0.717, 1.165) is 12.2 Å². The minimum absolute atomic E-state index is 0.150. The fourth-order valence-electron chi connectivity index (χ4n) is 1.88. The van der Waals surface area contributed by atoms with Crippen LogP contribution in [0.5, 0.6) is 0 Å². The molecule has 0 bridgehead atoms. The van der Waals surface area contributed by atoms with Gasteiger partial charge >= 0.3 is 0 Å². The quantitative estimate of drug-likeness (QED) is 0.740. The number of hydrogen-bond acceptors (Lipinski definition) is 4. The zero-order valence-electron chi connectivity index (χ0n) is 11.9. The average molecular weight is 266 g/mol. The summed E-state index contributed by atoms with van der Waals surface area (Å²) < 4.78 is 10.2. The van der Waals surface area contributed by atoms with Crippen molar-refractivity contribution in [2.75, 3.05) is 26.1 Å². The number of anilines is 1. The standard InChI is InChI=1S/C14H22N2O3/c1-5-15-12-9-7-6-8-11(12)13(17)16-10(2)14(18-3)19-4/h6-10,14-15H,5H2,1-4H3,(H,16,17). The fraction of sp³-hybridized carbons (Fsp3) is 0.500. The number of carbonyl (C=O) groups excluding carboxylic acids is 1. The van der Waals surface area contributed by atoms with Crippen molar-refractivity contribution in [2.24, 2.45) is 0 Å². The van der Waals surface area contributed by atoms with Crippen LogP contribution in [0.25, 0.3) is 0 Å². The second-order valence-corrected chi connectivity index (χ2v) is 4.18. The molecule has 0 aliphatic rings. The number of carbonyl (C=O) groups is 1. The maximum Gasteiger partial charge on any atom is 0.253 e. The minimum Gasteiger partial charge on any atom is -0.385 e. The van der Waals surface area contributed by atoms with Crippen LogP contribution in [0.3, 0.4) is 0 Å². The van der Waals surface area contributed by atoms with Crippen molar-refractivity contribution < 1.29 is 14.3 Å². The molecule has 5 heteroatoms. The Bertz CT molecular complexity index is 405. The van der Waals surface area contributed by atoms with Gasteiger partial charge in [0.15, 0.2) is 6.29 Å². The first kappa shape index (κ1) is 15.5. The van der Waals surface area contributed by atoms with Crippen LogP contribution in [0.15, 0.2) is 24.3 Å². The molecular formula is C14H22N2O3. The molecule has 5 nitrogen and oxygen atoms in total. The second kappa shape index (κ2) is 7.76. The van der Waals surface area contributed by atoms with Gasteiger partial charge in [-0.05, 0) is 26.0 Å². The Labute approximate surface area is 114 Å². The fourth-order valence-corrected chi connectivity index (χ4v) is 1.88. The highest BCUT2D eigenvalue weighted by molar-refractivity contribution is 5.99. The van der Waals surface area contributed by atoms with E-state index in [0.29, 0.717) is 5.56 Å². The van der Waals surface area contributed by atoms with Crippen LogP contribution in [0.4, 0.5) is 5.69 Å². The van der Waals surface area contributed by atoms with Gasteiger partial charge in [0, 0.05) is 26.5 Å². The Morgan fingerprint density at radius 1 is 1.26 bits per heavy atom. The number of nitrogens with one attached hydrogen (secondary N) is 2. The minimum atomic E-state index is -0.463. The molecule has 1 atom stereocenters. The smallest absolute Gasteiger partial charge is 0.253 e. The number of methoxy groups -OCH3 is 2. The molecule has 1 aromatic carbocycles. The van der Waals surface area contributed by atoms with Crippen LogP contribution >= 0.6 is 0 Å². The summed E-state index contributed by atoms with van der Waals surface area (Å²) in [7, 11) is 3.09. The molecule has 0 saturated carbocycles. The number of benzene rings is 1. The van der Waals surface area contributed by atoms with E-state index >= 15 is 0 Å². The van der Waals surface area contributed by atoms with E-state index in [1.54, 1.807) is 20.3 Å². The SMILES string of the molecule is CCNc1ccccc1C(=O)NC(C)C(OC)OC. The van der Waals surface area contributed by atoms with Gasteiger partial charge < -0.3 is 20.1 Å². The first-order chi connectivity index (χ1) is 9.13. The van der Waals surface area contributed by atoms with Gasteiger partial charge in [0.25, 0.3) is 5.91 Å². The third kappa shape index (κ3) is 4.22. The van der Waals surface area contributed by atoms with Gasteiger partial charge in [-0.25, -0.2) is 0 Å². The number of para-hydroxylation sites is 1. The van der Waals surface area contributed by atoms with E-state index in [-0.39, 0.29) is 11.9 Å². The summed E-state index contributed by atoms with van der Waals surface area (Å²) in [6.07, 6.45) is -0.463. The Morgan fingerprint density at radius 2 is 1.89 bits per heavy atom. The molecule has 106 valence electrons. The van der Waals surface area contributed by atoms with E-state index in [4.69, 9.17) is 9.47 Å². The van der Waals surface area contributed by atoms with Gasteiger partial charge in [-0.3, -0.25) is 4.79 Å². The summed E-state index contributed by atoms with van der Waals surface area (Å²) in [5.74, 6) is -0.150. The van der Waals surface area contributed by atoms with Crippen LogP contribution in [-0.4, -0.2) is 39.0 Å². The van der Waals surface area contributed by atoms with Crippen LogP contribution in [0, 0.1) is 0 Å². The van der Waals surface area contributed by atoms with Gasteiger partial charge in [0.2, 0.25) is 0 Å². The monoisotopic (exact) mass is 266 g/mol. The summed E-state index contributed by atoms with van der Waals surface area (Å²) in [5.41, 5.74) is 1.43. The molecule has 0 fully saturated rings. The van der Waals surface area contributed by atoms with Gasteiger partial charge in [0.05, 0.1) is 11.6 Å². The van der Waals surface area contributed by atoms with Gasteiger partial charge in [0.1, 0.15) is 0 Å². The lowest BCUT2D eigenvalue weighted by atomic mass is 10.1. The van der Waals surface area contributed by atoms with E-state index in [9.17, 15) is 4.79 Å². The van der Waals surface area contributed by atoms with Crippen molar-refractivity contribution in [3.05, 3.63) is 29.8 Å². The Morgan fingerprint density at radius 3 is 2.47 bits per heavy atom. The Kier molecular flexibility index (Phi) is 6.32. The van der Waals surface area contributed by atoms with Crippen LogP contribution in [-0.2, 0) is 9.47 Å². The molecule has 1 rings (SSSR count). The number of amides is 1. The molecule has 0 aromatic heterocycles. The number of rotatable bonds is 7. The van der Waals surface area contributed by atoms with Crippen LogP contribution in [0.1, 0.15) is 24.2 Å². The summed E-state index contributed by atoms with van der Waals surface area (Å²) in [6, 6.07) is 7.16. The lowest BCUT2D eigenvalue weighted by molar-refractivity contribution is -0.117. The molecule has 0 radical (unpaired) electrons. The molecule has 0 heterocycles. The van der Waals surface area contributed by atoms with Crippen LogP contribution < -0.4 is 10.6 Å². The molecular weight excluding hydrogens is 244 g/mol. The Hall–Kier alpha value is -1.59. The van der Waals surface area contributed by atoms with E-state index in [1.807, 2.05) is 32.0 Å². The summed E-state index contributed by atoms with van der Waals surface area (Å²) in [5, 5.41) is 6.03. The van der Waals surface area contributed by atoms with Gasteiger partial charge in [-0.15, -0.1) is 0 Å². The number of ether oxygens (including phenoxy) is 2. The highest BCUT2D eigenvalue weighted by Crippen LogP contribution is 2.15. The Balaban J connectivity index is 2.77. The topological polar surface area (TPSA) is 59.6 Å². The molecule has 1 aromatic rings. The second-order valence-electron chi connectivity index (χ2n) is 4.18. The van der Waals surface area contributed by atoms with Crippen molar-refractivity contribution in [2.45, 2.75) is 26.2 Å². The van der Waals surface area contributed by atoms with Gasteiger partial charge in [-0.2, -0.15) is 0 Å². The molecule has 2 N–H and O–H groups in total. The molecule has 0 aliphatic heterocycles. The van der Waals surface area contributed by atoms with Crippen molar-refractivity contribution >= 4 is 11.6 Å². The van der Waals surface area contributed by atoms with Crippen molar-refractivity contribution in [1.29, 1.82) is 0 Å². The molecule has 0 spiro atoms.